The topological polar surface area (TPSA) is 29.5 Å². The summed E-state index contributed by atoms with van der Waals surface area (Å²) in [6, 6.07) is 5.56. The van der Waals surface area contributed by atoms with Gasteiger partial charge in [-0.3, -0.25) is 0 Å². The maximum Gasteiger partial charge on any atom is 0.172 e. The van der Waals surface area contributed by atoms with Crippen molar-refractivity contribution in [3.05, 3.63) is 47.2 Å². The molecule has 1 atom stereocenters. The van der Waals surface area contributed by atoms with Crippen LogP contribution in [-0.2, 0) is 0 Å². The zero-order valence-electron chi connectivity index (χ0n) is 8.53. The van der Waals surface area contributed by atoms with E-state index in [1.54, 1.807) is 6.07 Å². The zero-order chi connectivity index (χ0) is 10.4. The third kappa shape index (κ3) is 1.18. The number of allylic oxidation sites excluding steroid dienone is 4. The first-order valence-corrected chi connectivity index (χ1v) is 5.13. The van der Waals surface area contributed by atoms with Crippen molar-refractivity contribution in [1.82, 2.24) is 0 Å². The van der Waals surface area contributed by atoms with Gasteiger partial charge in [0, 0.05) is 11.5 Å². The van der Waals surface area contributed by atoms with Gasteiger partial charge in [0.05, 0.1) is 0 Å². The fourth-order valence-corrected chi connectivity index (χ4v) is 2.25. The van der Waals surface area contributed by atoms with Crippen molar-refractivity contribution in [1.29, 1.82) is 0 Å². The Labute approximate surface area is 88.5 Å². The standard InChI is InChI=1S/C13H12O2/c1-8-5-6-12-10(7-8)9-3-2-4-11(14)13(9)15-12/h2-6,10,14H,7H2,1H3. The summed E-state index contributed by atoms with van der Waals surface area (Å²) in [5.74, 6) is 2.13. The highest BCUT2D eigenvalue weighted by Crippen LogP contribution is 2.49. The third-order valence-electron chi connectivity index (χ3n) is 3.02. The smallest absolute Gasteiger partial charge is 0.172 e. The summed E-state index contributed by atoms with van der Waals surface area (Å²) in [7, 11) is 0. The van der Waals surface area contributed by atoms with E-state index in [0.29, 0.717) is 11.7 Å². The number of hydrogen-bond acceptors (Lipinski definition) is 2. The average Bonchev–Trinajstić information content (AvgIpc) is 2.58. The highest BCUT2D eigenvalue weighted by atomic mass is 16.5. The SMILES string of the molecule is CC1=CC=C2Oc3c(O)cccc3C2C1. The van der Waals surface area contributed by atoms with Crippen LogP contribution in [0.3, 0.4) is 0 Å². The van der Waals surface area contributed by atoms with Crippen LogP contribution in [0.5, 0.6) is 11.5 Å². The number of hydrogen-bond donors (Lipinski definition) is 1. The monoisotopic (exact) mass is 200 g/mol. The van der Waals surface area contributed by atoms with E-state index < -0.39 is 0 Å². The van der Waals surface area contributed by atoms with Gasteiger partial charge >= 0.3 is 0 Å². The Bertz CT molecular complexity index is 483. The summed E-state index contributed by atoms with van der Waals surface area (Å²) in [4.78, 5) is 0. The maximum atomic E-state index is 9.68. The molecule has 1 aliphatic carbocycles. The van der Waals surface area contributed by atoms with E-state index in [-0.39, 0.29) is 5.75 Å². The number of benzene rings is 1. The lowest BCUT2D eigenvalue weighted by atomic mass is 9.88. The molecule has 0 aromatic heterocycles. The molecular formula is C13H12O2. The van der Waals surface area contributed by atoms with Crippen LogP contribution in [0.2, 0.25) is 0 Å². The molecule has 1 aliphatic heterocycles. The lowest BCUT2D eigenvalue weighted by molar-refractivity contribution is 0.386. The van der Waals surface area contributed by atoms with Gasteiger partial charge in [-0.25, -0.2) is 0 Å². The predicted molar refractivity (Wildman–Crippen MR) is 57.9 cm³/mol. The van der Waals surface area contributed by atoms with Gasteiger partial charge in [-0.05, 0) is 25.5 Å². The molecule has 76 valence electrons. The van der Waals surface area contributed by atoms with Gasteiger partial charge in [0.1, 0.15) is 5.76 Å². The van der Waals surface area contributed by atoms with Gasteiger partial charge in [0.15, 0.2) is 11.5 Å². The molecule has 2 nitrogen and oxygen atoms in total. The number of phenols is 1. The molecule has 0 fully saturated rings. The van der Waals surface area contributed by atoms with Gasteiger partial charge in [0.25, 0.3) is 0 Å². The van der Waals surface area contributed by atoms with Gasteiger partial charge < -0.3 is 9.84 Å². The molecule has 0 bridgehead atoms. The van der Waals surface area contributed by atoms with Crippen molar-refractivity contribution in [3.8, 4) is 11.5 Å². The van der Waals surface area contributed by atoms with Crippen LogP contribution in [0.4, 0.5) is 0 Å². The molecule has 1 aromatic carbocycles. The Morgan fingerprint density at radius 2 is 2.20 bits per heavy atom. The van der Waals surface area contributed by atoms with Gasteiger partial charge in [0.2, 0.25) is 0 Å². The Morgan fingerprint density at radius 1 is 1.33 bits per heavy atom. The van der Waals surface area contributed by atoms with Crippen LogP contribution in [0.1, 0.15) is 24.8 Å². The Morgan fingerprint density at radius 3 is 3.07 bits per heavy atom. The minimum atomic E-state index is 0.237. The van der Waals surface area contributed by atoms with Crippen LogP contribution >= 0.6 is 0 Å². The van der Waals surface area contributed by atoms with Gasteiger partial charge in [-0.15, -0.1) is 0 Å². The molecule has 3 rings (SSSR count). The van der Waals surface area contributed by atoms with Crippen molar-refractivity contribution in [2.75, 3.05) is 0 Å². The van der Waals surface area contributed by atoms with Crippen molar-refractivity contribution in [2.45, 2.75) is 19.3 Å². The summed E-state index contributed by atoms with van der Waals surface area (Å²) >= 11 is 0. The van der Waals surface area contributed by atoms with Crippen LogP contribution < -0.4 is 4.74 Å². The second-order valence-electron chi connectivity index (χ2n) is 4.14. The Hall–Kier alpha value is -1.70. The molecule has 0 radical (unpaired) electrons. The molecule has 2 aliphatic rings. The first-order valence-electron chi connectivity index (χ1n) is 5.13. The summed E-state index contributed by atoms with van der Waals surface area (Å²) < 4.78 is 5.66. The molecule has 1 unspecified atom stereocenters. The highest BCUT2D eigenvalue weighted by molar-refractivity contribution is 5.55. The van der Waals surface area contributed by atoms with E-state index in [4.69, 9.17) is 4.74 Å². The molecule has 0 amide bonds. The fourth-order valence-electron chi connectivity index (χ4n) is 2.25. The van der Waals surface area contributed by atoms with E-state index in [9.17, 15) is 5.11 Å². The number of fused-ring (bicyclic) bond motifs is 3. The number of aromatic hydroxyl groups is 1. The van der Waals surface area contributed by atoms with Crippen LogP contribution in [0.25, 0.3) is 0 Å². The molecule has 0 saturated heterocycles. The molecule has 1 aromatic rings. The Kier molecular flexibility index (Phi) is 1.66. The van der Waals surface area contributed by atoms with E-state index in [2.05, 4.69) is 13.0 Å². The van der Waals surface area contributed by atoms with E-state index in [0.717, 1.165) is 17.7 Å². The summed E-state index contributed by atoms with van der Waals surface area (Å²) in [5.41, 5.74) is 2.46. The Balaban J connectivity index is 2.13. The lowest BCUT2D eigenvalue weighted by Gasteiger charge is -2.14. The number of ether oxygens (including phenoxy) is 1. The first-order chi connectivity index (χ1) is 7.25. The normalized spacial score (nSPS) is 22.3. The molecule has 0 saturated carbocycles. The second kappa shape index (κ2) is 2.89. The molecule has 15 heavy (non-hydrogen) atoms. The number of rotatable bonds is 0. The molecule has 2 heteroatoms. The van der Waals surface area contributed by atoms with Crippen LogP contribution in [0.15, 0.2) is 41.7 Å². The minimum Gasteiger partial charge on any atom is -0.504 e. The maximum absolute atomic E-state index is 9.68. The number of phenolic OH excluding ortho intramolecular Hbond substituents is 1. The summed E-state index contributed by atoms with van der Waals surface area (Å²) in [5, 5.41) is 9.68. The van der Waals surface area contributed by atoms with Crippen LogP contribution in [0, 0.1) is 0 Å². The minimum absolute atomic E-state index is 0.237. The van der Waals surface area contributed by atoms with Crippen LogP contribution in [-0.4, -0.2) is 5.11 Å². The highest BCUT2D eigenvalue weighted by Gasteiger charge is 2.32. The molecule has 1 heterocycles. The molecular weight excluding hydrogens is 188 g/mol. The second-order valence-corrected chi connectivity index (χ2v) is 4.14. The average molecular weight is 200 g/mol. The molecule has 0 spiro atoms. The van der Waals surface area contributed by atoms with Crippen molar-refractivity contribution in [3.63, 3.8) is 0 Å². The largest absolute Gasteiger partial charge is 0.504 e. The quantitative estimate of drug-likeness (QED) is 0.697. The molecule has 1 N–H and O–H groups in total. The summed E-state index contributed by atoms with van der Waals surface area (Å²) in [6.45, 7) is 2.12. The first kappa shape index (κ1) is 8.60. The van der Waals surface area contributed by atoms with Crippen molar-refractivity contribution in [2.24, 2.45) is 0 Å². The van der Waals surface area contributed by atoms with Crippen molar-refractivity contribution >= 4 is 0 Å². The number of para-hydroxylation sites is 1. The summed E-state index contributed by atoms with van der Waals surface area (Å²) in [6.07, 6.45) is 5.07. The predicted octanol–water partition coefficient (Wildman–Crippen LogP) is 3.10. The zero-order valence-corrected chi connectivity index (χ0v) is 8.53. The lowest BCUT2D eigenvalue weighted by Crippen LogP contribution is -2.02. The van der Waals surface area contributed by atoms with E-state index in [1.165, 1.54) is 5.57 Å². The third-order valence-corrected chi connectivity index (χ3v) is 3.02. The van der Waals surface area contributed by atoms with Gasteiger partial charge in [-0.2, -0.15) is 0 Å². The van der Waals surface area contributed by atoms with E-state index >= 15 is 0 Å². The fraction of sp³-hybridized carbons (Fsp3) is 0.231. The van der Waals surface area contributed by atoms with E-state index in [1.807, 2.05) is 18.2 Å². The van der Waals surface area contributed by atoms with Crippen molar-refractivity contribution < 1.29 is 9.84 Å². The van der Waals surface area contributed by atoms with Gasteiger partial charge in [-0.1, -0.05) is 23.8 Å².